The average Bonchev–Trinajstić information content (AvgIpc) is 2.45. The van der Waals surface area contributed by atoms with Crippen molar-refractivity contribution in [3.8, 4) is 23.0 Å². The standard InChI is InChI=1S/C17H16O3S/c1-15(2)9-5-3-6-10-16(18)13-14-21(19,20)17-11-7-4-8-12-17/h4,7-8,11-12H,1,3,6,10H2,2H3. The van der Waals surface area contributed by atoms with Gasteiger partial charge < -0.3 is 0 Å². The number of allylic oxidation sites excluding steroid dienone is 1. The topological polar surface area (TPSA) is 51.2 Å². The van der Waals surface area contributed by atoms with Crippen LogP contribution >= 0.6 is 0 Å². The molecule has 3 nitrogen and oxygen atoms in total. The number of carbonyl (C=O) groups excluding carboxylic acids is 1. The molecule has 0 saturated heterocycles. The highest BCUT2D eigenvalue weighted by atomic mass is 32.2. The Morgan fingerprint density at radius 3 is 2.48 bits per heavy atom. The van der Waals surface area contributed by atoms with Gasteiger partial charge in [-0.15, -0.1) is 0 Å². The molecule has 108 valence electrons. The molecule has 0 heterocycles. The molecular formula is C17H16O3S. The fraction of sp³-hybridized carbons (Fsp3) is 0.235. The molecule has 0 fully saturated rings. The summed E-state index contributed by atoms with van der Waals surface area (Å²) in [5.41, 5.74) is 0.773. The number of ketones is 1. The fourth-order valence-electron chi connectivity index (χ4n) is 1.40. The van der Waals surface area contributed by atoms with Crippen LogP contribution in [0.3, 0.4) is 0 Å². The molecule has 0 unspecified atom stereocenters. The van der Waals surface area contributed by atoms with Crippen molar-refractivity contribution in [2.45, 2.75) is 31.1 Å². The molecule has 21 heavy (non-hydrogen) atoms. The van der Waals surface area contributed by atoms with Crippen LogP contribution in [0.2, 0.25) is 0 Å². The van der Waals surface area contributed by atoms with E-state index in [0.717, 1.165) is 5.57 Å². The van der Waals surface area contributed by atoms with E-state index in [1.165, 1.54) is 12.1 Å². The van der Waals surface area contributed by atoms with Crippen LogP contribution < -0.4 is 0 Å². The fourth-order valence-corrected chi connectivity index (χ4v) is 2.28. The first kappa shape index (κ1) is 16.8. The van der Waals surface area contributed by atoms with E-state index in [1.807, 2.05) is 0 Å². The van der Waals surface area contributed by atoms with E-state index in [0.29, 0.717) is 12.8 Å². The predicted molar refractivity (Wildman–Crippen MR) is 82.9 cm³/mol. The lowest BCUT2D eigenvalue weighted by Gasteiger charge is -1.94. The highest BCUT2D eigenvalue weighted by Crippen LogP contribution is 2.08. The average molecular weight is 300 g/mol. The summed E-state index contributed by atoms with van der Waals surface area (Å²) in [4.78, 5) is 11.6. The highest BCUT2D eigenvalue weighted by molar-refractivity contribution is 7.96. The van der Waals surface area contributed by atoms with Gasteiger partial charge in [0.1, 0.15) is 0 Å². The molecule has 0 N–H and O–H groups in total. The van der Waals surface area contributed by atoms with Crippen LogP contribution in [0.5, 0.6) is 0 Å². The van der Waals surface area contributed by atoms with Crippen LogP contribution in [0.1, 0.15) is 26.2 Å². The van der Waals surface area contributed by atoms with Crippen molar-refractivity contribution in [1.82, 2.24) is 0 Å². The second-order valence-corrected chi connectivity index (χ2v) is 6.08. The van der Waals surface area contributed by atoms with Gasteiger partial charge in [0.15, 0.2) is 0 Å². The number of carbonyl (C=O) groups is 1. The minimum Gasteiger partial charge on any atom is -0.285 e. The maximum Gasteiger partial charge on any atom is 0.245 e. The van der Waals surface area contributed by atoms with Crippen LogP contribution in [-0.4, -0.2) is 14.2 Å². The Morgan fingerprint density at radius 2 is 1.86 bits per heavy atom. The first-order valence-electron chi connectivity index (χ1n) is 6.42. The van der Waals surface area contributed by atoms with Gasteiger partial charge in [-0.1, -0.05) is 36.6 Å². The van der Waals surface area contributed by atoms with E-state index in [4.69, 9.17) is 0 Å². The van der Waals surface area contributed by atoms with Gasteiger partial charge in [0.25, 0.3) is 0 Å². The number of unbranched alkanes of at least 4 members (excludes halogenated alkanes) is 1. The maximum atomic E-state index is 11.8. The molecule has 1 aromatic rings. The summed E-state index contributed by atoms with van der Waals surface area (Å²) in [6.45, 7) is 5.45. The number of benzene rings is 1. The molecule has 0 atom stereocenters. The van der Waals surface area contributed by atoms with Crippen molar-refractivity contribution in [3.63, 3.8) is 0 Å². The molecule has 1 aromatic carbocycles. The molecule has 0 aromatic heterocycles. The van der Waals surface area contributed by atoms with Crippen LogP contribution in [0.4, 0.5) is 0 Å². The Kier molecular flexibility index (Phi) is 6.46. The number of hydrogen-bond donors (Lipinski definition) is 0. The molecule has 4 heteroatoms. The normalized spacial score (nSPS) is 9.76. The Balaban J connectivity index is 2.57. The van der Waals surface area contributed by atoms with Crippen molar-refractivity contribution in [2.24, 2.45) is 0 Å². The minimum absolute atomic E-state index is 0.0950. The molecule has 0 aliphatic heterocycles. The van der Waals surface area contributed by atoms with E-state index in [9.17, 15) is 13.2 Å². The molecule has 0 aliphatic rings. The second-order valence-electron chi connectivity index (χ2n) is 4.40. The Labute approximate surface area is 126 Å². The molecule has 0 saturated carbocycles. The molecule has 0 radical (unpaired) electrons. The molecule has 0 aliphatic carbocycles. The number of hydrogen-bond acceptors (Lipinski definition) is 3. The van der Waals surface area contributed by atoms with E-state index < -0.39 is 15.6 Å². The van der Waals surface area contributed by atoms with Crippen molar-refractivity contribution >= 4 is 15.6 Å². The van der Waals surface area contributed by atoms with Crippen molar-refractivity contribution < 1.29 is 13.2 Å². The monoisotopic (exact) mass is 300 g/mol. The first-order valence-corrected chi connectivity index (χ1v) is 7.90. The van der Waals surface area contributed by atoms with Gasteiger partial charge >= 0.3 is 0 Å². The van der Waals surface area contributed by atoms with Crippen LogP contribution in [0, 0.1) is 23.0 Å². The van der Waals surface area contributed by atoms with Gasteiger partial charge in [-0.2, -0.15) is 0 Å². The number of rotatable bonds is 4. The van der Waals surface area contributed by atoms with Crippen LogP contribution in [0.15, 0.2) is 47.4 Å². The molecule has 0 amide bonds. The lowest BCUT2D eigenvalue weighted by atomic mass is 10.2. The Hall–Kier alpha value is -2.30. The zero-order valence-corrected chi connectivity index (χ0v) is 12.7. The smallest absolute Gasteiger partial charge is 0.245 e. The first-order chi connectivity index (χ1) is 9.92. The van der Waals surface area contributed by atoms with Gasteiger partial charge in [-0.3, -0.25) is 4.79 Å². The van der Waals surface area contributed by atoms with Crippen molar-refractivity contribution in [1.29, 1.82) is 0 Å². The third kappa shape index (κ3) is 6.61. The summed E-state index contributed by atoms with van der Waals surface area (Å²) >= 11 is 0. The summed E-state index contributed by atoms with van der Waals surface area (Å²) in [5.74, 6) is 7.46. The van der Waals surface area contributed by atoms with E-state index in [-0.39, 0.29) is 11.3 Å². The summed E-state index contributed by atoms with van der Waals surface area (Å²) in [6.07, 6.45) is 1.31. The summed E-state index contributed by atoms with van der Waals surface area (Å²) in [5, 5.41) is 2.06. The van der Waals surface area contributed by atoms with E-state index in [1.54, 1.807) is 25.1 Å². The molecule has 0 spiro atoms. The van der Waals surface area contributed by atoms with E-state index >= 15 is 0 Å². The quantitative estimate of drug-likeness (QED) is 0.488. The largest absolute Gasteiger partial charge is 0.285 e. The summed E-state index contributed by atoms with van der Waals surface area (Å²) < 4.78 is 23.7. The zero-order valence-electron chi connectivity index (χ0n) is 11.8. The van der Waals surface area contributed by atoms with Gasteiger partial charge in [-0.25, -0.2) is 8.42 Å². The number of Topliss-reactive ketones (excluding diaryl/α,β-unsaturated/α-hetero) is 1. The van der Waals surface area contributed by atoms with Gasteiger partial charge in [0.05, 0.1) is 4.90 Å². The zero-order chi connectivity index (χ0) is 15.7. The van der Waals surface area contributed by atoms with E-state index in [2.05, 4.69) is 29.6 Å². The van der Waals surface area contributed by atoms with Crippen molar-refractivity contribution in [2.75, 3.05) is 0 Å². The van der Waals surface area contributed by atoms with Gasteiger partial charge in [0.2, 0.25) is 15.6 Å². The second kappa shape index (κ2) is 8.09. The van der Waals surface area contributed by atoms with Crippen LogP contribution in [-0.2, 0) is 14.6 Å². The predicted octanol–water partition coefficient (Wildman–Crippen LogP) is 2.74. The minimum atomic E-state index is -3.72. The maximum absolute atomic E-state index is 11.8. The SMILES string of the molecule is C=C(C)C#CCCCC(=O)C#CS(=O)(=O)c1ccccc1. The lowest BCUT2D eigenvalue weighted by molar-refractivity contribution is -0.113. The highest BCUT2D eigenvalue weighted by Gasteiger charge is 2.09. The van der Waals surface area contributed by atoms with Crippen molar-refractivity contribution in [3.05, 3.63) is 42.5 Å². The summed E-state index contributed by atoms with van der Waals surface area (Å²) in [7, 11) is -3.72. The Bertz CT molecular complexity index is 736. The molecule has 0 bridgehead atoms. The third-order valence-electron chi connectivity index (χ3n) is 2.39. The molecule has 1 rings (SSSR count). The summed E-state index contributed by atoms with van der Waals surface area (Å²) in [6, 6.07) is 7.82. The van der Waals surface area contributed by atoms with Gasteiger partial charge in [-0.05, 0) is 37.0 Å². The third-order valence-corrected chi connectivity index (χ3v) is 3.65. The number of sulfone groups is 1. The van der Waals surface area contributed by atoms with Crippen LogP contribution in [0.25, 0.3) is 0 Å². The molecular weight excluding hydrogens is 284 g/mol. The lowest BCUT2D eigenvalue weighted by Crippen LogP contribution is -1.99. The Morgan fingerprint density at radius 1 is 1.19 bits per heavy atom. The van der Waals surface area contributed by atoms with Gasteiger partial charge in [0, 0.05) is 18.1 Å².